The molecule has 2 fully saturated rings. The second-order valence-corrected chi connectivity index (χ2v) is 9.58. The summed E-state index contributed by atoms with van der Waals surface area (Å²) in [7, 11) is 1.62. The van der Waals surface area contributed by atoms with Gasteiger partial charge in [-0.3, -0.25) is 14.9 Å². The number of nitrogens with one attached hydrogen (secondary N) is 2. The lowest BCUT2D eigenvalue weighted by atomic mass is 10.1. The fourth-order valence-electron chi connectivity index (χ4n) is 4.06. The average molecular weight is 481 g/mol. The first kappa shape index (κ1) is 22.8. The van der Waals surface area contributed by atoms with Gasteiger partial charge in [0.05, 0.1) is 37.3 Å². The van der Waals surface area contributed by atoms with E-state index in [4.69, 9.17) is 9.47 Å². The highest BCUT2D eigenvalue weighted by Crippen LogP contribution is 2.39. The summed E-state index contributed by atoms with van der Waals surface area (Å²) in [6.07, 6.45) is 2.06. The number of nitrogens with zero attached hydrogens (tertiary/aromatic N) is 2. The van der Waals surface area contributed by atoms with Crippen molar-refractivity contribution in [2.75, 3.05) is 50.2 Å². The number of hydrogen-bond acceptors (Lipinski definition) is 8. The fraction of sp³-hybridized carbons (Fsp3) is 0.400. The summed E-state index contributed by atoms with van der Waals surface area (Å²) < 4.78 is 12.0. The molecule has 2 heterocycles. The van der Waals surface area contributed by atoms with Gasteiger partial charge in [-0.1, -0.05) is 23.5 Å². The van der Waals surface area contributed by atoms with Crippen LogP contribution in [0.2, 0.25) is 0 Å². The molecule has 9 heteroatoms. The number of carbonyl (C=O) groups excluding carboxylic acids is 2. The van der Waals surface area contributed by atoms with Gasteiger partial charge >= 0.3 is 0 Å². The molecule has 0 bridgehead atoms. The minimum Gasteiger partial charge on any atom is -0.494 e. The van der Waals surface area contributed by atoms with Crippen molar-refractivity contribution in [3.63, 3.8) is 0 Å². The third kappa shape index (κ3) is 5.06. The first-order chi connectivity index (χ1) is 16.6. The Balaban J connectivity index is 1.26. The van der Waals surface area contributed by atoms with Gasteiger partial charge in [-0.15, -0.1) is 0 Å². The number of rotatable bonds is 9. The molecule has 2 N–H and O–H groups in total. The average Bonchev–Trinajstić information content (AvgIpc) is 3.64. The Morgan fingerprint density at radius 2 is 1.91 bits per heavy atom. The van der Waals surface area contributed by atoms with E-state index in [9.17, 15) is 9.59 Å². The largest absolute Gasteiger partial charge is 0.494 e. The normalized spacial score (nSPS) is 16.0. The van der Waals surface area contributed by atoms with E-state index in [0.29, 0.717) is 48.5 Å². The van der Waals surface area contributed by atoms with Crippen molar-refractivity contribution < 1.29 is 19.1 Å². The second-order valence-electron chi connectivity index (χ2n) is 8.58. The molecule has 5 rings (SSSR count). The third-order valence-electron chi connectivity index (χ3n) is 6.16. The molecule has 34 heavy (non-hydrogen) atoms. The molecule has 0 spiro atoms. The Hall–Kier alpha value is -3.01. The molecule has 1 aliphatic heterocycles. The number of aromatic nitrogens is 1. The highest BCUT2D eigenvalue weighted by Gasteiger charge is 2.28. The summed E-state index contributed by atoms with van der Waals surface area (Å²) in [5.41, 5.74) is 3.40. The number of Topliss-reactive ketones (excluding diaryl/α,β-unsaturated/α-hetero) is 1. The molecular weight excluding hydrogens is 452 g/mol. The molecule has 2 aromatic carbocycles. The van der Waals surface area contributed by atoms with E-state index in [1.807, 2.05) is 24.3 Å². The van der Waals surface area contributed by atoms with Crippen molar-refractivity contribution in [1.82, 2.24) is 10.3 Å². The minimum absolute atomic E-state index is 0.214. The van der Waals surface area contributed by atoms with Crippen LogP contribution in [0, 0.1) is 5.92 Å². The van der Waals surface area contributed by atoms with Crippen LogP contribution in [0.15, 0.2) is 36.4 Å². The van der Waals surface area contributed by atoms with E-state index in [0.717, 1.165) is 47.4 Å². The summed E-state index contributed by atoms with van der Waals surface area (Å²) >= 11 is 1.45. The fourth-order valence-corrected chi connectivity index (χ4v) is 5.08. The van der Waals surface area contributed by atoms with Crippen LogP contribution in [-0.2, 0) is 16.1 Å². The van der Waals surface area contributed by atoms with Crippen LogP contribution in [0.4, 0.5) is 10.8 Å². The standard InChI is InChI=1S/C25H28N4O4S/c1-32-21-9-8-19(29-10-12-33-13-11-29)23-22(21)27-25(34-23)28-24(31)18-4-2-16(3-5-18)14-26-15-20(30)17-6-7-17/h2-5,8-9,17,26H,6-7,10-15H2,1H3,(H,27,28,31). The maximum Gasteiger partial charge on any atom is 0.257 e. The van der Waals surface area contributed by atoms with Gasteiger partial charge in [-0.25, -0.2) is 4.98 Å². The molecule has 1 saturated heterocycles. The van der Waals surface area contributed by atoms with E-state index < -0.39 is 0 Å². The second kappa shape index (κ2) is 10.1. The highest BCUT2D eigenvalue weighted by atomic mass is 32.1. The lowest BCUT2D eigenvalue weighted by molar-refractivity contribution is -0.119. The van der Waals surface area contributed by atoms with E-state index >= 15 is 0 Å². The number of fused-ring (bicyclic) bond motifs is 1. The zero-order valence-electron chi connectivity index (χ0n) is 19.1. The van der Waals surface area contributed by atoms with E-state index in [-0.39, 0.29) is 11.8 Å². The summed E-state index contributed by atoms with van der Waals surface area (Å²) in [6.45, 7) is 4.02. The molecule has 1 aromatic heterocycles. The van der Waals surface area contributed by atoms with Gasteiger partial charge in [0, 0.05) is 31.1 Å². The number of thiazole rings is 1. The summed E-state index contributed by atoms with van der Waals surface area (Å²) in [6, 6.07) is 11.4. The number of methoxy groups -OCH3 is 1. The van der Waals surface area contributed by atoms with Gasteiger partial charge in [0.25, 0.3) is 5.91 Å². The van der Waals surface area contributed by atoms with Crippen LogP contribution >= 0.6 is 11.3 Å². The van der Waals surface area contributed by atoms with Crippen LogP contribution in [0.25, 0.3) is 10.2 Å². The number of carbonyl (C=O) groups is 2. The van der Waals surface area contributed by atoms with Gasteiger partial charge in [-0.05, 0) is 42.7 Å². The zero-order chi connectivity index (χ0) is 23.5. The molecule has 0 radical (unpaired) electrons. The Morgan fingerprint density at radius 1 is 1.15 bits per heavy atom. The van der Waals surface area contributed by atoms with Gasteiger partial charge in [0.15, 0.2) is 5.13 Å². The lowest BCUT2D eigenvalue weighted by Crippen LogP contribution is -2.36. The first-order valence-corrected chi connectivity index (χ1v) is 12.4. The number of ketones is 1. The quantitative estimate of drug-likeness (QED) is 0.485. The first-order valence-electron chi connectivity index (χ1n) is 11.6. The smallest absolute Gasteiger partial charge is 0.257 e. The van der Waals surface area contributed by atoms with Crippen molar-refractivity contribution in [2.24, 2.45) is 5.92 Å². The molecule has 178 valence electrons. The number of ether oxygens (including phenoxy) is 2. The topological polar surface area (TPSA) is 92.8 Å². The van der Waals surface area contributed by atoms with Crippen LogP contribution in [0.1, 0.15) is 28.8 Å². The minimum atomic E-state index is -0.214. The van der Waals surface area contributed by atoms with Crippen LogP contribution in [0.5, 0.6) is 5.75 Å². The summed E-state index contributed by atoms with van der Waals surface area (Å²) in [5, 5.41) is 6.65. The van der Waals surface area contributed by atoms with Gasteiger partial charge < -0.3 is 19.7 Å². The SMILES string of the molecule is COc1ccc(N2CCOCC2)c2sc(NC(=O)c3ccc(CNCC(=O)C4CC4)cc3)nc12. The number of anilines is 2. The third-order valence-corrected chi connectivity index (χ3v) is 7.15. The maximum atomic E-state index is 12.9. The Labute approximate surface area is 202 Å². The van der Waals surface area contributed by atoms with E-state index in [2.05, 4.69) is 20.5 Å². The predicted molar refractivity (Wildman–Crippen MR) is 133 cm³/mol. The van der Waals surface area contributed by atoms with Crippen LogP contribution < -0.4 is 20.3 Å². The summed E-state index contributed by atoms with van der Waals surface area (Å²) in [5.74, 6) is 1.03. The molecule has 2 aliphatic rings. The van der Waals surface area contributed by atoms with E-state index in [1.165, 1.54) is 11.3 Å². The monoisotopic (exact) mass is 480 g/mol. The van der Waals surface area contributed by atoms with Crippen molar-refractivity contribution in [1.29, 1.82) is 0 Å². The Bertz CT molecular complexity index is 1180. The highest BCUT2D eigenvalue weighted by molar-refractivity contribution is 7.23. The van der Waals surface area contributed by atoms with Crippen molar-refractivity contribution in [3.8, 4) is 5.75 Å². The Morgan fingerprint density at radius 3 is 2.62 bits per heavy atom. The number of morpholine rings is 1. The zero-order valence-corrected chi connectivity index (χ0v) is 20.0. The number of benzene rings is 2. The van der Waals surface area contributed by atoms with Gasteiger partial charge in [-0.2, -0.15) is 0 Å². The molecule has 8 nitrogen and oxygen atoms in total. The van der Waals surface area contributed by atoms with Gasteiger partial charge in [0.1, 0.15) is 17.0 Å². The molecule has 0 unspecified atom stereocenters. The Kier molecular flexibility index (Phi) is 6.75. The van der Waals surface area contributed by atoms with Crippen LogP contribution in [0.3, 0.4) is 0 Å². The molecular formula is C25H28N4O4S. The molecule has 1 aliphatic carbocycles. The number of hydrogen-bond donors (Lipinski definition) is 2. The van der Waals surface area contributed by atoms with Crippen LogP contribution in [-0.4, -0.2) is 56.6 Å². The molecule has 1 saturated carbocycles. The van der Waals surface area contributed by atoms with Crippen molar-refractivity contribution in [2.45, 2.75) is 19.4 Å². The molecule has 0 atom stereocenters. The van der Waals surface area contributed by atoms with Crippen molar-refractivity contribution >= 4 is 44.1 Å². The predicted octanol–water partition coefficient (Wildman–Crippen LogP) is 3.46. The maximum absolute atomic E-state index is 12.9. The van der Waals surface area contributed by atoms with E-state index in [1.54, 1.807) is 19.2 Å². The van der Waals surface area contributed by atoms with Crippen molar-refractivity contribution in [3.05, 3.63) is 47.5 Å². The molecule has 1 amide bonds. The van der Waals surface area contributed by atoms with Gasteiger partial charge in [0.2, 0.25) is 0 Å². The number of amides is 1. The lowest BCUT2D eigenvalue weighted by Gasteiger charge is -2.29. The summed E-state index contributed by atoms with van der Waals surface area (Å²) in [4.78, 5) is 31.6. The molecule has 3 aromatic rings.